The van der Waals surface area contributed by atoms with Gasteiger partial charge in [0, 0.05) is 23.7 Å². The largest absolute Gasteiger partial charge is 0.573 e. The van der Waals surface area contributed by atoms with Gasteiger partial charge >= 0.3 is 6.36 Å². The molecule has 13 heteroatoms. The van der Waals surface area contributed by atoms with Crippen molar-refractivity contribution in [3.05, 3.63) is 72.7 Å². The summed E-state index contributed by atoms with van der Waals surface area (Å²) in [6.45, 7) is 0. The summed E-state index contributed by atoms with van der Waals surface area (Å²) in [7, 11) is -1.71. The molecule has 0 atom stereocenters. The van der Waals surface area contributed by atoms with Crippen LogP contribution in [-0.2, 0) is 10.0 Å². The molecule has 3 aromatic carbocycles. The number of pyridine rings is 1. The Labute approximate surface area is 208 Å². The van der Waals surface area contributed by atoms with Crippen molar-refractivity contribution in [3.63, 3.8) is 0 Å². The SMILES string of the molecule is COc1cc2nccc(Oc3ccc(NS(=O)(=O)c4ccccc4OC(F)(F)F)c(F)c3)c2cc1OC. The first-order chi connectivity index (χ1) is 17.5. The number of fused-ring (bicyclic) bond motifs is 1. The van der Waals surface area contributed by atoms with Crippen LogP contribution in [0.4, 0.5) is 23.2 Å². The van der Waals surface area contributed by atoms with Crippen molar-refractivity contribution < 1.29 is 44.9 Å². The number of rotatable bonds is 8. The van der Waals surface area contributed by atoms with E-state index >= 15 is 0 Å². The molecule has 0 aliphatic rings. The van der Waals surface area contributed by atoms with Crippen LogP contribution in [0.15, 0.2) is 71.8 Å². The number of para-hydroxylation sites is 1. The number of benzene rings is 3. The van der Waals surface area contributed by atoms with Crippen LogP contribution in [-0.4, -0.2) is 34.0 Å². The second-order valence-electron chi connectivity index (χ2n) is 7.38. The molecule has 0 saturated heterocycles. The number of nitrogens with zero attached hydrogens (tertiary/aromatic N) is 1. The molecule has 0 unspecified atom stereocenters. The van der Waals surface area contributed by atoms with Crippen LogP contribution in [0.1, 0.15) is 0 Å². The molecule has 8 nitrogen and oxygen atoms in total. The maximum absolute atomic E-state index is 14.8. The lowest BCUT2D eigenvalue weighted by molar-refractivity contribution is -0.275. The van der Waals surface area contributed by atoms with E-state index < -0.39 is 38.5 Å². The fourth-order valence-electron chi connectivity index (χ4n) is 3.39. The van der Waals surface area contributed by atoms with E-state index in [-0.39, 0.29) is 5.75 Å². The maximum atomic E-state index is 14.8. The van der Waals surface area contributed by atoms with E-state index in [1.165, 1.54) is 38.6 Å². The number of methoxy groups -OCH3 is 2. The molecule has 0 aliphatic carbocycles. The van der Waals surface area contributed by atoms with Gasteiger partial charge in [0.15, 0.2) is 17.3 Å². The Morgan fingerprint density at radius 3 is 2.24 bits per heavy atom. The van der Waals surface area contributed by atoms with Gasteiger partial charge in [0.25, 0.3) is 10.0 Å². The molecule has 0 amide bonds. The van der Waals surface area contributed by atoms with Gasteiger partial charge in [0.1, 0.15) is 22.1 Å². The van der Waals surface area contributed by atoms with E-state index in [9.17, 15) is 26.0 Å². The third kappa shape index (κ3) is 5.77. The topological polar surface area (TPSA) is 96.0 Å². The molecule has 1 N–H and O–H groups in total. The number of anilines is 1. The Kier molecular flexibility index (Phi) is 6.99. The smallest absolute Gasteiger partial charge is 0.493 e. The Morgan fingerprint density at radius 2 is 1.57 bits per heavy atom. The fraction of sp³-hybridized carbons (Fsp3) is 0.125. The monoisotopic (exact) mass is 538 g/mol. The average Bonchev–Trinajstić information content (AvgIpc) is 2.84. The highest BCUT2D eigenvalue weighted by Crippen LogP contribution is 2.37. The molecule has 0 radical (unpaired) electrons. The summed E-state index contributed by atoms with van der Waals surface area (Å²) in [5.41, 5.74) is -0.0000954. The Hall–Kier alpha value is -4.26. The second-order valence-corrected chi connectivity index (χ2v) is 9.03. The van der Waals surface area contributed by atoms with Gasteiger partial charge in [-0.15, -0.1) is 13.2 Å². The molecule has 1 aromatic heterocycles. The number of nitrogens with one attached hydrogen (secondary N) is 1. The normalized spacial score (nSPS) is 11.7. The summed E-state index contributed by atoms with van der Waals surface area (Å²) in [5, 5.41) is 0.534. The number of halogens is 4. The first kappa shape index (κ1) is 25.8. The fourth-order valence-corrected chi connectivity index (χ4v) is 4.58. The molecule has 0 bridgehead atoms. The third-order valence-electron chi connectivity index (χ3n) is 4.98. The zero-order valence-electron chi connectivity index (χ0n) is 19.2. The molecule has 4 aromatic rings. The predicted octanol–water partition coefficient (Wildman–Crippen LogP) is 5.88. The lowest BCUT2D eigenvalue weighted by Gasteiger charge is -2.15. The summed E-state index contributed by atoms with van der Waals surface area (Å²) < 4.78 is 100. The zero-order valence-corrected chi connectivity index (χ0v) is 20.0. The van der Waals surface area contributed by atoms with Crippen LogP contribution in [0, 0.1) is 5.82 Å². The van der Waals surface area contributed by atoms with Crippen LogP contribution in [0.2, 0.25) is 0 Å². The molecule has 0 saturated carbocycles. The van der Waals surface area contributed by atoms with E-state index in [1.807, 2.05) is 4.72 Å². The molecule has 0 fully saturated rings. The third-order valence-corrected chi connectivity index (χ3v) is 6.39. The Morgan fingerprint density at radius 1 is 0.865 bits per heavy atom. The average molecular weight is 538 g/mol. The van der Waals surface area contributed by atoms with Crippen molar-refractivity contribution in [1.29, 1.82) is 0 Å². The molecule has 4 rings (SSSR count). The summed E-state index contributed by atoms with van der Waals surface area (Å²) in [4.78, 5) is 3.43. The first-order valence-corrected chi connectivity index (χ1v) is 11.8. The summed E-state index contributed by atoms with van der Waals surface area (Å²) in [6, 6.07) is 12.2. The van der Waals surface area contributed by atoms with Crippen LogP contribution in [0.5, 0.6) is 28.7 Å². The highest BCUT2D eigenvalue weighted by molar-refractivity contribution is 7.92. The van der Waals surface area contributed by atoms with E-state index in [4.69, 9.17) is 14.2 Å². The van der Waals surface area contributed by atoms with Gasteiger partial charge < -0.3 is 18.9 Å². The van der Waals surface area contributed by atoms with E-state index in [2.05, 4.69) is 9.72 Å². The van der Waals surface area contributed by atoms with E-state index in [0.29, 0.717) is 28.2 Å². The summed E-state index contributed by atoms with van der Waals surface area (Å²) in [5.74, 6) is -0.809. The first-order valence-electron chi connectivity index (χ1n) is 10.4. The minimum Gasteiger partial charge on any atom is -0.493 e. The molecule has 1 heterocycles. The molecular formula is C24H18F4N2O6S. The van der Waals surface area contributed by atoms with Gasteiger partial charge in [-0.2, -0.15) is 0 Å². The minimum absolute atomic E-state index is 0.0172. The van der Waals surface area contributed by atoms with Crippen molar-refractivity contribution in [3.8, 4) is 28.7 Å². The molecule has 0 aliphatic heterocycles. The van der Waals surface area contributed by atoms with Crippen molar-refractivity contribution in [2.75, 3.05) is 18.9 Å². The Balaban J connectivity index is 1.61. The quantitative estimate of drug-likeness (QED) is 0.280. The van der Waals surface area contributed by atoms with Crippen molar-refractivity contribution >= 4 is 26.6 Å². The summed E-state index contributed by atoms with van der Waals surface area (Å²) >= 11 is 0. The summed E-state index contributed by atoms with van der Waals surface area (Å²) in [6.07, 6.45) is -3.65. The van der Waals surface area contributed by atoms with Crippen LogP contribution < -0.4 is 23.7 Å². The second kappa shape index (κ2) is 10.0. The highest BCUT2D eigenvalue weighted by atomic mass is 32.2. The molecule has 194 valence electrons. The Bertz CT molecular complexity index is 1560. The lowest BCUT2D eigenvalue weighted by Crippen LogP contribution is -2.21. The number of ether oxygens (including phenoxy) is 4. The highest BCUT2D eigenvalue weighted by Gasteiger charge is 2.34. The standard InChI is InChI=1S/C24H18F4N2O6S/c1-33-21-12-15-18(13-22(21)34-2)29-10-9-19(15)35-14-7-8-17(16(25)11-14)30-37(31,32)23-6-4-3-5-20(23)36-24(26,27)28/h3-13,30H,1-2H3. The van der Waals surface area contributed by atoms with Gasteiger partial charge in [-0.1, -0.05) is 12.1 Å². The van der Waals surface area contributed by atoms with E-state index in [0.717, 1.165) is 24.3 Å². The van der Waals surface area contributed by atoms with Gasteiger partial charge in [-0.05, 0) is 36.4 Å². The van der Waals surface area contributed by atoms with Gasteiger partial charge in [-0.3, -0.25) is 9.71 Å². The van der Waals surface area contributed by atoms with Crippen molar-refractivity contribution in [2.24, 2.45) is 0 Å². The van der Waals surface area contributed by atoms with Crippen LogP contribution in [0.3, 0.4) is 0 Å². The maximum Gasteiger partial charge on any atom is 0.573 e. The van der Waals surface area contributed by atoms with Crippen LogP contribution in [0.25, 0.3) is 10.9 Å². The van der Waals surface area contributed by atoms with Gasteiger partial charge in [0.2, 0.25) is 0 Å². The van der Waals surface area contributed by atoms with Crippen LogP contribution >= 0.6 is 0 Å². The van der Waals surface area contributed by atoms with Crippen molar-refractivity contribution in [1.82, 2.24) is 4.98 Å². The van der Waals surface area contributed by atoms with E-state index in [1.54, 1.807) is 18.2 Å². The number of sulfonamides is 1. The number of alkyl halides is 3. The van der Waals surface area contributed by atoms with Gasteiger partial charge in [-0.25, -0.2) is 12.8 Å². The number of hydrogen-bond donors (Lipinski definition) is 1. The molecule has 37 heavy (non-hydrogen) atoms. The lowest BCUT2D eigenvalue weighted by atomic mass is 10.2. The van der Waals surface area contributed by atoms with Gasteiger partial charge in [0.05, 0.1) is 25.4 Å². The minimum atomic E-state index is -5.12. The van der Waals surface area contributed by atoms with Crippen molar-refractivity contribution in [2.45, 2.75) is 11.3 Å². The number of aromatic nitrogens is 1. The predicted molar refractivity (Wildman–Crippen MR) is 125 cm³/mol. The number of hydrogen-bond acceptors (Lipinski definition) is 7. The molecule has 0 spiro atoms. The zero-order chi connectivity index (χ0) is 26.8. The molecular weight excluding hydrogens is 520 g/mol.